The van der Waals surface area contributed by atoms with E-state index in [2.05, 4.69) is 60.9 Å². The Balaban J connectivity index is 2.23. The lowest BCUT2D eigenvalue weighted by Gasteiger charge is -2.06. The zero-order valence-electron chi connectivity index (χ0n) is 10.9. The minimum atomic E-state index is 0.534. The summed E-state index contributed by atoms with van der Waals surface area (Å²) in [5.41, 5.74) is 3.82. The minimum Gasteiger partial charge on any atom is -0.269 e. The summed E-state index contributed by atoms with van der Waals surface area (Å²) in [5.74, 6) is 0.534. The molecule has 0 aliphatic rings. The monoisotopic (exact) mass is 228 g/mol. The molecule has 2 heteroatoms. The van der Waals surface area contributed by atoms with Crippen LogP contribution in [0.15, 0.2) is 36.4 Å². The van der Waals surface area contributed by atoms with Crippen LogP contribution in [-0.4, -0.2) is 9.78 Å². The van der Waals surface area contributed by atoms with Crippen LogP contribution in [0.2, 0.25) is 0 Å². The highest BCUT2D eigenvalue weighted by molar-refractivity contribution is 5.23. The molecule has 0 amide bonds. The average Bonchev–Trinajstić information content (AvgIpc) is 2.73. The van der Waals surface area contributed by atoms with Gasteiger partial charge in [0, 0.05) is 18.7 Å². The maximum atomic E-state index is 4.66. The molecule has 0 atom stereocenters. The second kappa shape index (κ2) is 5.17. The quantitative estimate of drug-likeness (QED) is 0.781. The van der Waals surface area contributed by atoms with Crippen LogP contribution in [-0.2, 0) is 13.0 Å². The van der Waals surface area contributed by atoms with E-state index < -0.39 is 0 Å². The standard InChI is InChI=1S/C15H20N2/c1-4-17-15(12(2)3)11-14(16-17)10-13-8-6-5-7-9-13/h5-9,11-12H,4,10H2,1-3H3. The largest absolute Gasteiger partial charge is 0.269 e. The van der Waals surface area contributed by atoms with E-state index in [9.17, 15) is 0 Å². The fraction of sp³-hybridized carbons (Fsp3) is 0.400. The number of hydrogen-bond acceptors (Lipinski definition) is 1. The second-order valence-electron chi connectivity index (χ2n) is 4.69. The van der Waals surface area contributed by atoms with Gasteiger partial charge in [-0.05, 0) is 24.5 Å². The Hall–Kier alpha value is -1.57. The first-order valence-corrected chi connectivity index (χ1v) is 6.31. The maximum Gasteiger partial charge on any atom is 0.0671 e. The molecule has 0 aliphatic carbocycles. The summed E-state index contributed by atoms with van der Waals surface area (Å²) in [6, 6.07) is 12.7. The van der Waals surface area contributed by atoms with Crippen LogP contribution in [0.4, 0.5) is 0 Å². The van der Waals surface area contributed by atoms with Crippen molar-refractivity contribution < 1.29 is 0 Å². The predicted octanol–water partition coefficient (Wildman–Crippen LogP) is 3.62. The van der Waals surface area contributed by atoms with Crippen LogP contribution in [0.3, 0.4) is 0 Å². The molecule has 90 valence electrons. The Morgan fingerprint density at radius 1 is 1.18 bits per heavy atom. The van der Waals surface area contributed by atoms with Crippen molar-refractivity contribution in [2.45, 2.75) is 39.7 Å². The van der Waals surface area contributed by atoms with Gasteiger partial charge in [-0.1, -0.05) is 44.2 Å². The first kappa shape index (κ1) is 11.9. The lowest BCUT2D eigenvalue weighted by atomic mass is 10.1. The van der Waals surface area contributed by atoms with E-state index in [1.165, 1.54) is 17.0 Å². The molecule has 0 spiro atoms. The molecular weight excluding hydrogens is 208 g/mol. The van der Waals surface area contributed by atoms with E-state index in [0.29, 0.717) is 5.92 Å². The molecule has 1 heterocycles. The van der Waals surface area contributed by atoms with Crippen molar-refractivity contribution in [3.8, 4) is 0 Å². The molecule has 0 bridgehead atoms. The molecule has 0 unspecified atom stereocenters. The van der Waals surface area contributed by atoms with E-state index in [-0.39, 0.29) is 0 Å². The second-order valence-corrected chi connectivity index (χ2v) is 4.69. The van der Waals surface area contributed by atoms with Gasteiger partial charge in [-0.2, -0.15) is 5.10 Å². The third-order valence-electron chi connectivity index (χ3n) is 2.98. The smallest absolute Gasteiger partial charge is 0.0671 e. The van der Waals surface area contributed by atoms with Gasteiger partial charge in [0.2, 0.25) is 0 Å². The molecule has 0 radical (unpaired) electrons. The zero-order chi connectivity index (χ0) is 12.3. The molecule has 0 saturated heterocycles. The summed E-state index contributed by atoms with van der Waals surface area (Å²) in [5, 5.41) is 4.66. The van der Waals surface area contributed by atoms with Crippen LogP contribution < -0.4 is 0 Å². The van der Waals surface area contributed by atoms with Crippen molar-refractivity contribution in [1.29, 1.82) is 0 Å². The molecule has 1 aromatic carbocycles. The van der Waals surface area contributed by atoms with Crippen LogP contribution in [0.25, 0.3) is 0 Å². The van der Waals surface area contributed by atoms with Gasteiger partial charge in [-0.3, -0.25) is 4.68 Å². The normalized spacial score (nSPS) is 11.1. The molecule has 0 aliphatic heterocycles. The van der Waals surface area contributed by atoms with Crippen LogP contribution in [0.1, 0.15) is 43.6 Å². The van der Waals surface area contributed by atoms with Crippen molar-refractivity contribution >= 4 is 0 Å². The van der Waals surface area contributed by atoms with Gasteiger partial charge in [0.25, 0.3) is 0 Å². The highest BCUT2D eigenvalue weighted by Crippen LogP contribution is 2.17. The Morgan fingerprint density at radius 3 is 2.41 bits per heavy atom. The fourth-order valence-electron chi connectivity index (χ4n) is 2.10. The molecule has 1 aromatic heterocycles. The number of aromatic nitrogens is 2. The van der Waals surface area contributed by atoms with Crippen molar-refractivity contribution in [2.75, 3.05) is 0 Å². The van der Waals surface area contributed by atoms with E-state index >= 15 is 0 Å². The van der Waals surface area contributed by atoms with Crippen molar-refractivity contribution in [1.82, 2.24) is 9.78 Å². The molecule has 0 N–H and O–H groups in total. The highest BCUT2D eigenvalue weighted by Gasteiger charge is 2.10. The molecule has 2 nitrogen and oxygen atoms in total. The zero-order valence-corrected chi connectivity index (χ0v) is 10.9. The lowest BCUT2D eigenvalue weighted by Crippen LogP contribution is -2.04. The third kappa shape index (κ3) is 2.76. The highest BCUT2D eigenvalue weighted by atomic mass is 15.3. The van der Waals surface area contributed by atoms with E-state index in [0.717, 1.165) is 13.0 Å². The lowest BCUT2D eigenvalue weighted by molar-refractivity contribution is 0.593. The van der Waals surface area contributed by atoms with Crippen molar-refractivity contribution in [2.24, 2.45) is 0 Å². The average molecular weight is 228 g/mol. The summed E-state index contributed by atoms with van der Waals surface area (Å²) >= 11 is 0. The molecule has 0 saturated carbocycles. The molecule has 0 fully saturated rings. The summed E-state index contributed by atoms with van der Waals surface area (Å²) in [6.07, 6.45) is 0.924. The van der Waals surface area contributed by atoms with Gasteiger partial charge in [-0.15, -0.1) is 0 Å². The Bertz CT molecular complexity index is 469. The molecular formula is C15H20N2. The van der Waals surface area contributed by atoms with Crippen molar-refractivity contribution in [3.63, 3.8) is 0 Å². The van der Waals surface area contributed by atoms with Gasteiger partial charge < -0.3 is 0 Å². The number of hydrogen-bond donors (Lipinski definition) is 0. The van der Waals surface area contributed by atoms with E-state index in [1.807, 2.05) is 6.07 Å². The van der Waals surface area contributed by atoms with Gasteiger partial charge >= 0.3 is 0 Å². The SMILES string of the molecule is CCn1nc(Cc2ccccc2)cc1C(C)C. The molecule has 17 heavy (non-hydrogen) atoms. The van der Waals surface area contributed by atoms with Crippen LogP contribution in [0, 0.1) is 0 Å². The minimum absolute atomic E-state index is 0.534. The third-order valence-corrected chi connectivity index (χ3v) is 2.98. The van der Waals surface area contributed by atoms with Crippen molar-refractivity contribution in [3.05, 3.63) is 53.3 Å². The Kier molecular flexibility index (Phi) is 3.62. The summed E-state index contributed by atoms with van der Waals surface area (Å²) in [7, 11) is 0. The fourth-order valence-corrected chi connectivity index (χ4v) is 2.10. The number of benzene rings is 1. The summed E-state index contributed by atoms with van der Waals surface area (Å²) in [4.78, 5) is 0. The first-order chi connectivity index (χ1) is 8.20. The number of rotatable bonds is 4. The first-order valence-electron chi connectivity index (χ1n) is 6.31. The van der Waals surface area contributed by atoms with Gasteiger partial charge in [-0.25, -0.2) is 0 Å². The predicted molar refractivity (Wildman–Crippen MR) is 71.2 cm³/mol. The Labute approximate surface area is 103 Å². The summed E-state index contributed by atoms with van der Waals surface area (Å²) < 4.78 is 2.11. The molecule has 2 rings (SSSR count). The maximum absolute atomic E-state index is 4.66. The van der Waals surface area contributed by atoms with Gasteiger partial charge in [0.1, 0.15) is 0 Å². The Morgan fingerprint density at radius 2 is 1.88 bits per heavy atom. The van der Waals surface area contributed by atoms with Gasteiger partial charge in [0.15, 0.2) is 0 Å². The molecule has 2 aromatic rings. The van der Waals surface area contributed by atoms with Crippen LogP contribution in [0.5, 0.6) is 0 Å². The summed E-state index contributed by atoms with van der Waals surface area (Å²) in [6.45, 7) is 7.53. The van der Waals surface area contributed by atoms with E-state index in [4.69, 9.17) is 0 Å². The van der Waals surface area contributed by atoms with Crippen LogP contribution >= 0.6 is 0 Å². The van der Waals surface area contributed by atoms with E-state index in [1.54, 1.807) is 0 Å². The number of nitrogens with zero attached hydrogens (tertiary/aromatic N) is 2. The topological polar surface area (TPSA) is 17.8 Å². The van der Waals surface area contributed by atoms with Gasteiger partial charge in [0.05, 0.1) is 5.69 Å². The number of aryl methyl sites for hydroxylation is 1.